The predicted molar refractivity (Wildman–Crippen MR) is 149 cm³/mol. The number of nitrogens with zero attached hydrogens (tertiary/aromatic N) is 2. The van der Waals surface area contributed by atoms with Crippen molar-refractivity contribution in [3.63, 3.8) is 0 Å². The maximum Gasteiger partial charge on any atom is 0.255 e. The molecule has 0 aromatic heterocycles. The van der Waals surface area contributed by atoms with E-state index in [1.807, 2.05) is 87.4 Å². The van der Waals surface area contributed by atoms with Crippen molar-refractivity contribution >= 4 is 46.0 Å². The summed E-state index contributed by atoms with van der Waals surface area (Å²) < 4.78 is 0. The summed E-state index contributed by atoms with van der Waals surface area (Å²) in [5.74, 6) is -0.276. The van der Waals surface area contributed by atoms with E-state index in [0.29, 0.717) is 16.3 Å². The van der Waals surface area contributed by atoms with Crippen LogP contribution in [0.2, 0.25) is 5.02 Å². The van der Waals surface area contributed by atoms with Gasteiger partial charge in [0.2, 0.25) is 5.91 Å². The molecule has 0 aliphatic carbocycles. The number of carbonyl (C=O) groups is 2. The molecule has 2 aliphatic heterocycles. The lowest BCUT2D eigenvalue weighted by atomic mass is 9.93. The quantitative estimate of drug-likeness (QED) is 0.436. The van der Waals surface area contributed by atoms with Crippen LogP contribution < -0.4 is 10.6 Å². The molecule has 2 heterocycles. The van der Waals surface area contributed by atoms with Crippen LogP contribution in [0, 0.1) is 13.8 Å². The number of hydrogen-bond donors (Lipinski definition) is 2. The Morgan fingerprint density at radius 3 is 2.53 bits per heavy atom. The van der Waals surface area contributed by atoms with Crippen molar-refractivity contribution in [2.45, 2.75) is 59.5 Å². The number of aryl methyl sites for hydroxylation is 2. The van der Waals surface area contributed by atoms with Crippen LogP contribution in [0.3, 0.4) is 0 Å². The normalized spacial score (nSPS) is 17.8. The van der Waals surface area contributed by atoms with Gasteiger partial charge in [0.1, 0.15) is 0 Å². The lowest BCUT2D eigenvalue weighted by Gasteiger charge is -2.36. The van der Waals surface area contributed by atoms with Gasteiger partial charge in [0.05, 0.1) is 23.7 Å². The molecule has 36 heavy (non-hydrogen) atoms. The highest BCUT2D eigenvalue weighted by atomic mass is 35.5. The summed E-state index contributed by atoms with van der Waals surface area (Å²) in [6.07, 6.45) is 1.06. The number of aliphatic imine (C=N–C) groups is 1. The van der Waals surface area contributed by atoms with Crippen LogP contribution in [0.5, 0.6) is 0 Å². The van der Waals surface area contributed by atoms with E-state index in [-0.39, 0.29) is 24.3 Å². The fourth-order valence-corrected chi connectivity index (χ4v) is 5.45. The number of rotatable bonds is 7. The van der Waals surface area contributed by atoms with Crippen molar-refractivity contribution in [3.05, 3.63) is 86.6 Å². The maximum absolute atomic E-state index is 13.8. The Hall–Kier alpha value is -3.03. The number of fused-ring (bicyclic) bond motifs is 1. The number of carbonyl (C=O) groups excluding carboxylic acids is 2. The molecule has 0 spiro atoms. The van der Waals surface area contributed by atoms with Gasteiger partial charge in [-0.05, 0) is 68.8 Å². The third-order valence-corrected chi connectivity index (χ3v) is 7.56. The first-order chi connectivity index (χ1) is 17.2. The minimum absolute atomic E-state index is 0.0557. The summed E-state index contributed by atoms with van der Waals surface area (Å²) in [5.41, 5.74) is 5.77. The molecule has 2 amide bonds. The van der Waals surface area contributed by atoms with Gasteiger partial charge >= 0.3 is 0 Å². The van der Waals surface area contributed by atoms with Gasteiger partial charge < -0.3 is 15.5 Å². The smallest absolute Gasteiger partial charge is 0.255 e. The van der Waals surface area contributed by atoms with E-state index in [0.717, 1.165) is 39.7 Å². The standard InChI is InChI=1S/C28H31ClN4O2S/c1-6-18(4)30-24(34)14-22-15-36-28-31-19(5)25(26(33(22)28)20-8-10-21(29)11-9-20)27(35)32-23-12-7-16(2)13-17(23)3/h7-13,15,18,26H,6,14H2,1-5H3,(H,30,34)(H,32,35)/t18-,26+/m0/s1. The number of hydrogen-bond acceptors (Lipinski definition) is 5. The Bertz CT molecular complexity index is 1280. The number of anilines is 1. The zero-order valence-electron chi connectivity index (χ0n) is 21.2. The van der Waals surface area contributed by atoms with E-state index in [2.05, 4.69) is 10.6 Å². The van der Waals surface area contributed by atoms with Crippen LogP contribution >= 0.6 is 23.4 Å². The zero-order chi connectivity index (χ0) is 26.0. The highest BCUT2D eigenvalue weighted by Gasteiger charge is 2.40. The molecule has 2 N–H and O–H groups in total. The molecule has 0 bridgehead atoms. The van der Waals surface area contributed by atoms with Gasteiger partial charge in [0, 0.05) is 22.4 Å². The summed E-state index contributed by atoms with van der Waals surface area (Å²) >= 11 is 7.66. The van der Waals surface area contributed by atoms with E-state index in [1.54, 1.807) is 0 Å². The summed E-state index contributed by atoms with van der Waals surface area (Å²) in [7, 11) is 0. The Kier molecular flexibility index (Phi) is 7.91. The number of allylic oxidation sites excluding steroid dienone is 1. The lowest BCUT2D eigenvalue weighted by molar-refractivity contribution is -0.121. The summed E-state index contributed by atoms with van der Waals surface area (Å²) in [5, 5.41) is 9.45. The fourth-order valence-electron chi connectivity index (χ4n) is 4.36. The molecule has 0 saturated heterocycles. The molecular formula is C28H31ClN4O2S. The highest BCUT2D eigenvalue weighted by Crippen LogP contribution is 2.45. The van der Waals surface area contributed by atoms with Crippen molar-refractivity contribution < 1.29 is 9.59 Å². The van der Waals surface area contributed by atoms with Gasteiger partial charge in [-0.25, -0.2) is 4.99 Å². The number of thioether (sulfide) groups is 1. The third kappa shape index (κ3) is 5.52. The van der Waals surface area contributed by atoms with Gasteiger partial charge in [0.25, 0.3) is 5.91 Å². The Labute approximate surface area is 221 Å². The largest absolute Gasteiger partial charge is 0.353 e. The first kappa shape index (κ1) is 26.0. The van der Waals surface area contributed by atoms with Gasteiger partial charge in [-0.2, -0.15) is 0 Å². The molecule has 188 valence electrons. The van der Waals surface area contributed by atoms with E-state index in [9.17, 15) is 9.59 Å². The van der Waals surface area contributed by atoms with E-state index in [1.165, 1.54) is 11.8 Å². The zero-order valence-corrected chi connectivity index (χ0v) is 22.8. The molecule has 0 unspecified atom stereocenters. The second-order valence-corrected chi connectivity index (χ2v) is 10.5. The Balaban J connectivity index is 1.71. The molecule has 0 fully saturated rings. The molecule has 8 heteroatoms. The molecule has 2 aromatic carbocycles. The Morgan fingerprint density at radius 2 is 1.86 bits per heavy atom. The van der Waals surface area contributed by atoms with Gasteiger partial charge in [-0.1, -0.05) is 60.1 Å². The molecule has 2 aromatic rings. The Morgan fingerprint density at radius 1 is 1.14 bits per heavy atom. The van der Waals surface area contributed by atoms with Crippen molar-refractivity contribution in [1.82, 2.24) is 10.2 Å². The van der Waals surface area contributed by atoms with Crippen molar-refractivity contribution in [3.8, 4) is 0 Å². The molecule has 4 rings (SSSR count). The minimum atomic E-state index is -0.446. The SMILES string of the molecule is CC[C@H](C)NC(=O)CC1=CSC2=NC(C)=C(C(=O)Nc3ccc(C)cc3C)[C@@H](c3ccc(Cl)cc3)N12. The fraction of sp³-hybridized carbons (Fsp3) is 0.321. The molecule has 0 saturated carbocycles. The van der Waals surface area contributed by atoms with E-state index in [4.69, 9.17) is 16.6 Å². The number of amides is 2. The number of amidine groups is 1. The first-order valence-electron chi connectivity index (χ1n) is 12.1. The van der Waals surface area contributed by atoms with Crippen LogP contribution in [0.25, 0.3) is 0 Å². The van der Waals surface area contributed by atoms with E-state index < -0.39 is 6.04 Å². The monoisotopic (exact) mass is 522 g/mol. The van der Waals surface area contributed by atoms with E-state index >= 15 is 0 Å². The average Bonchev–Trinajstić information content (AvgIpc) is 3.22. The molecule has 6 nitrogen and oxygen atoms in total. The highest BCUT2D eigenvalue weighted by molar-refractivity contribution is 8.16. The predicted octanol–water partition coefficient (Wildman–Crippen LogP) is 6.48. The van der Waals surface area contributed by atoms with Crippen molar-refractivity contribution in [2.24, 2.45) is 4.99 Å². The third-order valence-electron chi connectivity index (χ3n) is 6.42. The minimum Gasteiger partial charge on any atom is -0.353 e. The lowest BCUT2D eigenvalue weighted by Crippen LogP contribution is -2.39. The van der Waals surface area contributed by atoms with Crippen LogP contribution in [-0.2, 0) is 9.59 Å². The van der Waals surface area contributed by atoms with Gasteiger partial charge in [-0.15, -0.1) is 0 Å². The van der Waals surface area contributed by atoms with Gasteiger partial charge in [-0.3, -0.25) is 9.59 Å². The van der Waals surface area contributed by atoms with Crippen LogP contribution in [-0.4, -0.2) is 27.9 Å². The van der Waals surface area contributed by atoms with Crippen LogP contribution in [0.1, 0.15) is 56.3 Å². The number of benzene rings is 2. The molecule has 0 radical (unpaired) electrons. The average molecular weight is 523 g/mol. The van der Waals surface area contributed by atoms with Crippen molar-refractivity contribution in [1.29, 1.82) is 0 Å². The van der Waals surface area contributed by atoms with Gasteiger partial charge in [0.15, 0.2) is 5.17 Å². The van der Waals surface area contributed by atoms with Crippen LogP contribution in [0.4, 0.5) is 5.69 Å². The summed E-state index contributed by atoms with van der Waals surface area (Å²) in [6.45, 7) is 9.89. The maximum atomic E-state index is 13.8. The second-order valence-electron chi connectivity index (χ2n) is 9.27. The second kappa shape index (κ2) is 10.9. The molecular weight excluding hydrogens is 492 g/mol. The number of halogens is 1. The topological polar surface area (TPSA) is 73.8 Å². The first-order valence-corrected chi connectivity index (χ1v) is 13.3. The summed E-state index contributed by atoms with van der Waals surface area (Å²) in [4.78, 5) is 33.3. The number of nitrogens with one attached hydrogen (secondary N) is 2. The summed E-state index contributed by atoms with van der Waals surface area (Å²) in [6, 6.07) is 13.1. The van der Waals surface area contributed by atoms with Crippen LogP contribution in [0.15, 0.2) is 69.8 Å². The molecule has 2 aliphatic rings. The van der Waals surface area contributed by atoms with Crippen molar-refractivity contribution in [2.75, 3.05) is 5.32 Å². The molecule has 2 atom stereocenters.